The fourth-order valence-electron chi connectivity index (χ4n) is 2.22. The first-order chi connectivity index (χ1) is 11.5. The van der Waals surface area contributed by atoms with Crippen molar-refractivity contribution in [1.82, 2.24) is 9.97 Å². The van der Waals surface area contributed by atoms with E-state index in [1.54, 1.807) is 13.0 Å². The number of H-pyrrole nitrogens is 1. The van der Waals surface area contributed by atoms with Gasteiger partial charge in [-0.2, -0.15) is 0 Å². The molecule has 0 radical (unpaired) electrons. The first-order valence-corrected chi connectivity index (χ1v) is 8.31. The zero-order chi connectivity index (χ0) is 17.3. The number of nitrogens with one attached hydrogen (secondary N) is 1. The minimum Gasteiger partial charge on any atom is -0.462 e. The van der Waals surface area contributed by atoms with E-state index < -0.39 is 11.8 Å². The normalized spacial score (nSPS) is 11.0. The van der Waals surface area contributed by atoms with Crippen molar-refractivity contribution in [2.24, 2.45) is 0 Å². The zero-order valence-electron chi connectivity index (χ0n) is 12.6. The minimum absolute atomic E-state index is 0.0102. The molecule has 0 fully saturated rings. The van der Waals surface area contributed by atoms with Gasteiger partial charge < -0.3 is 9.72 Å². The average molecular weight is 367 g/mol. The van der Waals surface area contributed by atoms with Gasteiger partial charge in [-0.25, -0.2) is 14.2 Å². The van der Waals surface area contributed by atoms with Crippen LogP contribution in [0.5, 0.6) is 0 Å². The van der Waals surface area contributed by atoms with Crippen LogP contribution in [0.1, 0.15) is 28.0 Å². The summed E-state index contributed by atoms with van der Waals surface area (Å²) in [5, 5.41) is 0.0102. The smallest absolute Gasteiger partial charge is 0.348 e. The number of thiophene rings is 1. The lowest BCUT2D eigenvalue weighted by molar-refractivity contribution is 0.0532. The van der Waals surface area contributed by atoms with Crippen LogP contribution in [-0.2, 0) is 11.2 Å². The van der Waals surface area contributed by atoms with Gasteiger partial charge in [-0.05, 0) is 30.7 Å². The number of hydrogen-bond donors (Lipinski definition) is 1. The Morgan fingerprint density at radius 3 is 2.92 bits per heavy atom. The topological polar surface area (TPSA) is 72.0 Å². The van der Waals surface area contributed by atoms with Gasteiger partial charge in [0.15, 0.2) is 0 Å². The lowest BCUT2D eigenvalue weighted by Crippen LogP contribution is -2.10. The van der Waals surface area contributed by atoms with Crippen LogP contribution in [0, 0.1) is 5.82 Å². The number of rotatable bonds is 4. The van der Waals surface area contributed by atoms with Gasteiger partial charge in [0.05, 0.1) is 17.1 Å². The summed E-state index contributed by atoms with van der Waals surface area (Å²) in [6.07, 6.45) is 0.287. The van der Waals surface area contributed by atoms with E-state index in [0.29, 0.717) is 26.5 Å². The van der Waals surface area contributed by atoms with Gasteiger partial charge >= 0.3 is 5.97 Å². The summed E-state index contributed by atoms with van der Waals surface area (Å²) in [6.45, 7) is 1.97. The Bertz CT molecular complexity index is 983. The zero-order valence-corrected chi connectivity index (χ0v) is 14.1. The molecular weight excluding hydrogens is 355 g/mol. The highest BCUT2D eigenvalue weighted by Crippen LogP contribution is 2.23. The standard InChI is InChI=1S/C16H12ClFN2O3S/c1-2-23-16(22)12-7-11-14(24-12)15(21)20-13(19-11)6-8-3-4-10(18)9(17)5-8/h3-5,7H,2,6H2,1H3,(H,19,20,21). The summed E-state index contributed by atoms with van der Waals surface area (Å²) in [5.74, 6) is -0.579. The van der Waals surface area contributed by atoms with Crippen molar-refractivity contribution >= 4 is 39.1 Å². The second-order valence-electron chi connectivity index (χ2n) is 4.98. The van der Waals surface area contributed by atoms with Crippen LogP contribution in [0.3, 0.4) is 0 Å². The van der Waals surface area contributed by atoms with Gasteiger partial charge in [0.25, 0.3) is 5.56 Å². The summed E-state index contributed by atoms with van der Waals surface area (Å²) in [7, 11) is 0. The summed E-state index contributed by atoms with van der Waals surface area (Å²) in [6, 6.07) is 5.86. The highest BCUT2D eigenvalue weighted by Gasteiger charge is 2.15. The maximum absolute atomic E-state index is 13.2. The molecule has 2 aromatic heterocycles. The maximum Gasteiger partial charge on any atom is 0.348 e. The van der Waals surface area contributed by atoms with Crippen molar-refractivity contribution in [2.45, 2.75) is 13.3 Å². The molecule has 24 heavy (non-hydrogen) atoms. The van der Waals surface area contributed by atoms with Gasteiger partial charge in [0.2, 0.25) is 0 Å². The third-order valence-corrected chi connectivity index (χ3v) is 4.66. The number of carbonyl (C=O) groups excluding carboxylic acids is 1. The van der Waals surface area contributed by atoms with Crippen molar-refractivity contribution in [2.75, 3.05) is 6.61 Å². The predicted octanol–water partition coefficient (Wildman–Crippen LogP) is 3.54. The number of fused-ring (bicyclic) bond motifs is 1. The van der Waals surface area contributed by atoms with Gasteiger partial charge in [-0.3, -0.25) is 4.79 Å². The number of aromatic nitrogens is 2. The Kier molecular flexibility index (Phi) is 4.64. The molecule has 124 valence electrons. The number of hydrogen-bond acceptors (Lipinski definition) is 5. The lowest BCUT2D eigenvalue weighted by atomic mass is 10.1. The molecule has 0 aliphatic rings. The molecule has 2 heterocycles. The van der Waals surface area contributed by atoms with Crippen LogP contribution in [0.2, 0.25) is 5.02 Å². The van der Waals surface area contributed by atoms with Crippen LogP contribution in [0.25, 0.3) is 10.2 Å². The van der Waals surface area contributed by atoms with E-state index in [1.165, 1.54) is 18.2 Å². The Morgan fingerprint density at radius 1 is 1.42 bits per heavy atom. The number of aromatic amines is 1. The molecule has 0 saturated heterocycles. The van der Waals surface area contributed by atoms with Gasteiger partial charge in [0, 0.05) is 6.42 Å². The third kappa shape index (κ3) is 3.32. The van der Waals surface area contributed by atoms with E-state index in [2.05, 4.69) is 9.97 Å². The molecule has 0 unspecified atom stereocenters. The van der Waals surface area contributed by atoms with E-state index in [-0.39, 0.29) is 23.6 Å². The number of carbonyl (C=O) groups is 1. The lowest BCUT2D eigenvalue weighted by Gasteiger charge is -2.03. The van der Waals surface area contributed by atoms with Crippen molar-refractivity contribution in [3.63, 3.8) is 0 Å². The first-order valence-electron chi connectivity index (χ1n) is 7.11. The van der Waals surface area contributed by atoms with E-state index in [4.69, 9.17) is 16.3 Å². The molecule has 0 saturated carbocycles. The molecule has 0 aliphatic heterocycles. The molecular formula is C16H12ClFN2O3S. The molecule has 0 amide bonds. The molecule has 3 aromatic rings. The summed E-state index contributed by atoms with van der Waals surface area (Å²) >= 11 is 6.80. The molecule has 0 atom stereocenters. The SMILES string of the molecule is CCOC(=O)c1cc2nc(Cc3ccc(F)c(Cl)c3)[nH]c(=O)c2s1. The summed E-state index contributed by atoms with van der Waals surface area (Å²) in [4.78, 5) is 31.3. The van der Waals surface area contributed by atoms with Gasteiger partial charge in [-0.15, -0.1) is 11.3 Å². The second kappa shape index (κ2) is 6.70. The third-order valence-electron chi connectivity index (χ3n) is 3.26. The predicted molar refractivity (Wildman–Crippen MR) is 90.4 cm³/mol. The molecule has 3 rings (SSSR count). The molecule has 0 aliphatic carbocycles. The molecule has 8 heteroatoms. The summed E-state index contributed by atoms with van der Waals surface area (Å²) < 4.78 is 18.5. The molecule has 0 spiro atoms. The maximum atomic E-state index is 13.2. The van der Waals surface area contributed by atoms with Crippen LogP contribution >= 0.6 is 22.9 Å². The number of benzene rings is 1. The fraction of sp³-hybridized carbons (Fsp3) is 0.188. The van der Waals surface area contributed by atoms with Crippen molar-refractivity contribution in [3.05, 3.63) is 61.7 Å². The fourth-order valence-corrected chi connectivity index (χ4v) is 3.31. The quantitative estimate of drug-likeness (QED) is 0.717. The van der Waals surface area contributed by atoms with E-state index >= 15 is 0 Å². The van der Waals surface area contributed by atoms with Crippen LogP contribution < -0.4 is 5.56 Å². The summed E-state index contributed by atoms with van der Waals surface area (Å²) in [5.41, 5.74) is 0.809. The van der Waals surface area contributed by atoms with Gasteiger partial charge in [0.1, 0.15) is 21.2 Å². The Balaban J connectivity index is 1.96. The minimum atomic E-state index is -0.505. The molecule has 1 N–H and O–H groups in total. The van der Waals surface area contributed by atoms with Crippen molar-refractivity contribution < 1.29 is 13.9 Å². The Hall–Kier alpha value is -2.25. The number of ether oxygens (including phenoxy) is 1. The van der Waals surface area contributed by atoms with Crippen LogP contribution in [-0.4, -0.2) is 22.5 Å². The van der Waals surface area contributed by atoms with Crippen molar-refractivity contribution in [3.8, 4) is 0 Å². The van der Waals surface area contributed by atoms with E-state index in [1.807, 2.05) is 0 Å². The first kappa shape index (κ1) is 16.6. The average Bonchev–Trinajstić information content (AvgIpc) is 2.96. The second-order valence-corrected chi connectivity index (χ2v) is 6.44. The highest BCUT2D eigenvalue weighted by molar-refractivity contribution is 7.20. The van der Waals surface area contributed by atoms with Crippen LogP contribution in [0.4, 0.5) is 4.39 Å². The largest absolute Gasteiger partial charge is 0.462 e. The van der Waals surface area contributed by atoms with Gasteiger partial charge in [-0.1, -0.05) is 17.7 Å². The number of nitrogens with zero attached hydrogens (tertiary/aromatic N) is 1. The van der Waals surface area contributed by atoms with E-state index in [0.717, 1.165) is 11.3 Å². The Morgan fingerprint density at radius 2 is 2.21 bits per heavy atom. The van der Waals surface area contributed by atoms with Crippen molar-refractivity contribution in [1.29, 1.82) is 0 Å². The number of halogens is 2. The highest BCUT2D eigenvalue weighted by atomic mass is 35.5. The number of esters is 1. The molecule has 1 aromatic carbocycles. The molecule has 5 nitrogen and oxygen atoms in total. The molecule has 0 bridgehead atoms. The van der Waals surface area contributed by atoms with E-state index in [9.17, 15) is 14.0 Å². The Labute approximate surface area is 145 Å². The monoisotopic (exact) mass is 366 g/mol. The van der Waals surface area contributed by atoms with Crippen LogP contribution in [0.15, 0.2) is 29.1 Å².